The third-order valence-electron chi connectivity index (χ3n) is 4.05. The normalized spacial score (nSPS) is 17.5. The van der Waals surface area contributed by atoms with Crippen molar-refractivity contribution in [2.75, 3.05) is 26.3 Å². The number of rotatable bonds is 3. The summed E-state index contributed by atoms with van der Waals surface area (Å²) in [4.78, 5) is 31.2. The Hall–Kier alpha value is -2.05. The predicted molar refractivity (Wildman–Crippen MR) is 82.2 cm³/mol. The van der Waals surface area contributed by atoms with Gasteiger partial charge in [-0.2, -0.15) is 0 Å². The fourth-order valence-corrected chi connectivity index (χ4v) is 2.79. The molecule has 3 rings (SSSR count). The van der Waals surface area contributed by atoms with Gasteiger partial charge in [-0.1, -0.05) is 12.1 Å². The average molecular weight is 301 g/mol. The molecular weight excluding hydrogens is 282 g/mol. The number of para-hydroxylation sites is 2. The van der Waals surface area contributed by atoms with E-state index in [2.05, 4.69) is 9.88 Å². The number of ketones is 1. The summed E-state index contributed by atoms with van der Waals surface area (Å²) in [5.74, 6) is -0.133. The van der Waals surface area contributed by atoms with E-state index in [1.807, 2.05) is 31.2 Å². The van der Waals surface area contributed by atoms with E-state index in [1.54, 1.807) is 0 Å². The molecule has 1 saturated heterocycles. The van der Waals surface area contributed by atoms with Gasteiger partial charge in [0.2, 0.25) is 5.91 Å². The number of carbonyl (C=O) groups excluding carboxylic acids is 2. The minimum atomic E-state index is -0.320. The number of hydrogen-bond acceptors (Lipinski definition) is 5. The number of fused-ring (bicyclic) bond motifs is 1. The van der Waals surface area contributed by atoms with E-state index in [1.165, 1.54) is 11.5 Å². The first kappa shape index (κ1) is 14.9. The van der Waals surface area contributed by atoms with Gasteiger partial charge in [0.05, 0.1) is 30.3 Å². The number of carbonyl (C=O) groups is 2. The van der Waals surface area contributed by atoms with Crippen LogP contribution in [0.25, 0.3) is 11.0 Å². The van der Waals surface area contributed by atoms with E-state index < -0.39 is 0 Å². The zero-order chi connectivity index (χ0) is 15.7. The molecule has 1 unspecified atom stereocenters. The number of imidazole rings is 1. The number of hydrogen-bond donors (Lipinski definition) is 0. The van der Waals surface area contributed by atoms with E-state index in [9.17, 15) is 9.59 Å². The molecule has 6 nitrogen and oxygen atoms in total. The van der Waals surface area contributed by atoms with Crippen LogP contribution in [0, 0.1) is 0 Å². The molecule has 22 heavy (non-hydrogen) atoms. The molecule has 1 aromatic heterocycles. The molecule has 0 aliphatic carbocycles. The Kier molecular flexibility index (Phi) is 4.04. The zero-order valence-corrected chi connectivity index (χ0v) is 12.8. The second kappa shape index (κ2) is 5.98. The van der Waals surface area contributed by atoms with Crippen molar-refractivity contribution in [2.24, 2.45) is 0 Å². The molecule has 1 atom stereocenters. The number of Topliss-reactive ketones (excluding diaryl/α,β-unsaturated/α-hetero) is 1. The zero-order valence-electron chi connectivity index (χ0n) is 12.8. The predicted octanol–water partition coefficient (Wildman–Crippen LogP) is 1.60. The quantitative estimate of drug-likeness (QED) is 0.806. The van der Waals surface area contributed by atoms with E-state index in [4.69, 9.17) is 4.74 Å². The van der Waals surface area contributed by atoms with Crippen LogP contribution in [0.5, 0.6) is 0 Å². The summed E-state index contributed by atoms with van der Waals surface area (Å²) in [5.41, 5.74) is 1.34. The van der Waals surface area contributed by atoms with E-state index in [0.717, 1.165) is 13.1 Å². The van der Waals surface area contributed by atoms with Crippen LogP contribution in [0.1, 0.15) is 29.3 Å². The lowest BCUT2D eigenvalue weighted by molar-refractivity contribution is 0.0181. The lowest BCUT2D eigenvalue weighted by Gasteiger charge is -2.31. The van der Waals surface area contributed by atoms with Gasteiger partial charge >= 0.3 is 0 Å². The van der Waals surface area contributed by atoms with Gasteiger partial charge in [0.15, 0.2) is 11.6 Å². The van der Waals surface area contributed by atoms with Gasteiger partial charge in [-0.15, -0.1) is 0 Å². The van der Waals surface area contributed by atoms with Crippen LogP contribution in [0.2, 0.25) is 0 Å². The van der Waals surface area contributed by atoms with Gasteiger partial charge in [-0.25, -0.2) is 4.98 Å². The molecule has 0 amide bonds. The summed E-state index contributed by atoms with van der Waals surface area (Å²) in [6, 6.07) is 7.00. The van der Waals surface area contributed by atoms with Crippen LogP contribution in [0.15, 0.2) is 24.3 Å². The molecular formula is C16H19N3O3. The van der Waals surface area contributed by atoms with Crippen molar-refractivity contribution in [3.8, 4) is 0 Å². The van der Waals surface area contributed by atoms with Gasteiger partial charge in [0.1, 0.15) is 0 Å². The van der Waals surface area contributed by atoms with Gasteiger partial charge < -0.3 is 4.74 Å². The molecule has 0 spiro atoms. The minimum Gasteiger partial charge on any atom is -0.379 e. The summed E-state index contributed by atoms with van der Waals surface area (Å²) < 4.78 is 6.78. The van der Waals surface area contributed by atoms with Crippen LogP contribution in [0.4, 0.5) is 0 Å². The summed E-state index contributed by atoms with van der Waals surface area (Å²) in [6.07, 6.45) is 0. The van der Waals surface area contributed by atoms with Gasteiger partial charge in [-0.3, -0.25) is 19.1 Å². The Morgan fingerprint density at radius 3 is 2.59 bits per heavy atom. The molecule has 1 aromatic carbocycles. The summed E-state index contributed by atoms with van der Waals surface area (Å²) in [5, 5.41) is 0. The minimum absolute atomic E-state index is 0.124. The lowest BCUT2D eigenvalue weighted by atomic mass is 10.2. The summed E-state index contributed by atoms with van der Waals surface area (Å²) in [7, 11) is 0. The highest BCUT2D eigenvalue weighted by Crippen LogP contribution is 2.18. The molecule has 0 radical (unpaired) electrons. The van der Waals surface area contributed by atoms with Crippen molar-refractivity contribution in [3.05, 3.63) is 30.1 Å². The Labute approximate surface area is 128 Å². The monoisotopic (exact) mass is 301 g/mol. The SMILES string of the molecule is CC(=O)c1nc2ccccc2n1C(=O)C(C)N1CCOCC1. The second-order valence-corrected chi connectivity index (χ2v) is 5.48. The van der Waals surface area contributed by atoms with Crippen LogP contribution < -0.4 is 0 Å². The molecule has 1 fully saturated rings. The highest BCUT2D eigenvalue weighted by molar-refractivity contribution is 6.02. The number of aromatic nitrogens is 2. The average Bonchev–Trinajstić information content (AvgIpc) is 2.94. The topological polar surface area (TPSA) is 64.4 Å². The van der Waals surface area contributed by atoms with Crippen LogP contribution >= 0.6 is 0 Å². The second-order valence-electron chi connectivity index (χ2n) is 5.48. The third kappa shape index (κ3) is 2.55. The third-order valence-corrected chi connectivity index (χ3v) is 4.05. The molecule has 0 saturated carbocycles. The molecule has 0 bridgehead atoms. The van der Waals surface area contributed by atoms with Crippen LogP contribution in [0.3, 0.4) is 0 Å². The maximum Gasteiger partial charge on any atom is 0.249 e. The lowest BCUT2D eigenvalue weighted by Crippen LogP contribution is -2.47. The van der Waals surface area contributed by atoms with Crippen LogP contribution in [-0.4, -0.2) is 58.5 Å². The molecule has 1 aliphatic rings. The maximum absolute atomic E-state index is 12.9. The smallest absolute Gasteiger partial charge is 0.249 e. The molecule has 116 valence electrons. The maximum atomic E-state index is 12.9. The Bertz CT molecular complexity index is 716. The molecule has 1 aliphatic heterocycles. The summed E-state index contributed by atoms with van der Waals surface area (Å²) in [6.45, 7) is 5.99. The largest absolute Gasteiger partial charge is 0.379 e. The molecule has 6 heteroatoms. The molecule has 2 heterocycles. The Morgan fingerprint density at radius 2 is 1.91 bits per heavy atom. The highest BCUT2D eigenvalue weighted by Gasteiger charge is 2.28. The fraction of sp³-hybridized carbons (Fsp3) is 0.438. The van der Waals surface area contributed by atoms with Crippen LogP contribution in [-0.2, 0) is 4.74 Å². The van der Waals surface area contributed by atoms with Gasteiger partial charge in [0, 0.05) is 20.0 Å². The van der Waals surface area contributed by atoms with Gasteiger partial charge in [0.25, 0.3) is 0 Å². The standard InChI is InChI=1S/C16H19N3O3/c1-11(18-7-9-22-10-8-18)16(21)19-14-6-4-3-5-13(14)17-15(19)12(2)20/h3-6,11H,7-10H2,1-2H3. The number of morpholine rings is 1. The highest BCUT2D eigenvalue weighted by atomic mass is 16.5. The van der Waals surface area contributed by atoms with E-state index >= 15 is 0 Å². The Morgan fingerprint density at radius 1 is 1.23 bits per heavy atom. The number of benzene rings is 1. The molecule has 2 aromatic rings. The Balaban J connectivity index is 2.02. The van der Waals surface area contributed by atoms with Crippen molar-refractivity contribution < 1.29 is 14.3 Å². The van der Waals surface area contributed by atoms with Gasteiger partial charge in [-0.05, 0) is 19.1 Å². The van der Waals surface area contributed by atoms with Crippen molar-refractivity contribution in [1.29, 1.82) is 0 Å². The van der Waals surface area contributed by atoms with E-state index in [0.29, 0.717) is 24.2 Å². The first-order valence-corrected chi connectivity index (χ1v) is 7.44. The molecule has 0 N–H and O–H groups in total. The first-order chi connectivity index (χ1) is 10.6. The number of nitrogens with zero attached hydrogens (tertiary/aromatic N) is 3. The van der Waals surface area contributed by atoms with Crippen molar-refractivity contribution in [3.63, 3.8) is 0 Å². The van der Waals surface area contributed by atoms with Crippen molar-refractivity contribution >= 4 is 22.7 Å². The fourth-order valence-electron chi connectivity index (χ4n) is 2.79. The number of ether oxygens (including phenoxy) is 1. The van der Waals surface area contributed by atoms with E-state index in [-0.39, 0.29) is 23.6 Å². The summed E-state index contributed by atoms with van der Waals surface area (Å²) >= 11 is 0. The van der Waals surface area contributed by atoms with Crippen molar-refractivity contribution in [2.45, 2.75) is 19.9 Å². The van der Waals surface area contributed by atoms with Crippen molar-refractivity contribution in [1.82, 2.24) is 14.5 Å². The first-order valence-electron chi connectivity index (χ1n) is 7.44.